The summed E-state index contributed by atoms with van der Waals surface area (Å²) in [6.45, 7) is 5.54. The van der Waals surface area contributed by atoms with Crippen molar-refractivity contribution in [2.24, 2.45) is 0 Å². The molecule has 0 bridgehead atoms. The second-order valence-corrected chi connectivity index (χ2v) is 6.98. The number of rotatable bonds is 7. The Hall–Kier alpha value is -2.19. The molecule has 1 aliphatic heterocycles. The highest BCUT2D eigenvalue weighted by Crippen LogP contribution is 2.28. The molecule has 134 valence electrons. The van der Waals surface area contributed by atoms with Crippen molar-refractivity contribution < 1.29 is 14.0 Å². The number of hydrogen-bond acceptors (Lipinski definition) is 6. The van der Waals surface area contributed by atoms with Crippen molar-refractivity contribution in [1.29, 1.82) is 0 Å². The number of fused-ring (bicyclic) bond motifs is 1. The van der Waals surface area contributed by atoms with Gasteiger partial charge in [0, 0.05) is 37.4 Å². The fourth-order valence-corrected chi connectivity index (χ4v) is 3.77. The first-order valence-electron chi connectivity index (χ1n) is 8.48. The quantitative estimate of drug-likeness (QED) is 0.738. The van der Waals surface area contributed by atoms with E-state index in [2.05, 4.69) is 27.4 Å². The number of likely N-dealkylation sites (N-methyl/N-ethyl adjacent to an activating group) is 1. The molecule has 2 aromatic heterocycles. The molecule has 0 aliphatic carbocycles. The highest BCUT2D eigenvalue weighted by Gasteiger charge is 2.20. The summed E-state index contributed by atoms with van der Waals surface area (Å²) in [5.41, 5.74) is 1.11. The predicted octanol–water partition coefficient (Wildman–Crippen LogP) is 2.26. The Labute approximate surface area is 150 Å². The Morgan fingerprint density at radius 2 is 2.32 bits per heavy atom. The van der Waals surface area contributed by atoms with E-state index in [4.69, 9.17) is 4.42 Å². The van der Waals surface area contributed by atoms with Crippen molar-refractivity contribution in [2.75, 3.05) is 25.0 Å². The van der Waals surface area contributed by atoms with Gasteiger partial charge in [0.15, 0.2) is 10.9 Å². The minimum absolute atomic E-state index is 0.0781. The third-order valence-corrected chi connectivity index (χ3v) is 5.11. The number of aromatic nitrogens is 1. The first kappa shape index (κ1) is 17.6. The SMILES string of the molecule is CCN1CCc2nc(NC(=O)CCCNC(=O)c3ccco3)sc2C1. The zero-order valence-electron chi connectivity index (χ0n) is 14.2. The van der Waals surface area contributed by atoms with Crippen molar-refractivity contribution in [3.8, 4) is 0 Å². The monoisotopic (exact) mass is 362 g/mol. The fraction of sp³-hybridized carbons (Fsp3) is 0.471. The van der Waals surface area contributed by atoms with E-state index >= 15 is 0 Å². The van der Waals surface area contributed by atoms with Crippen LogP contribution in [0, 0.1) is 0 Å². The summed E-state index contributed by atoms with van der Waals surface area (Å²) in [5, 5.41) is 6.26. The summed E-state index contributed by atoms with van der Waals surface area (Å²) in [6, 6.07) is 3.27. The lowest BCUT2D eigenvalue weighted by Crippen LogP contribution is -2.29. The third-order valence-electron chi connectivity index (χ3n) is 4.12. The minimum Gasteiger partial charge on any atom is -0.459 e. The third kappa shape index (κ3) is 4.67. The Balaban J connectivity index is 1.40. The molecule has 3 rings (SSSR count). The molecular formula is C17H22N4O3S. The molecule has 25 heavy (non-hydrogen) atoms. The molecule has 0 fully saturated rings. The molecule has 1 aliphatic rings. The molecule has 2 amide bonds. The van der Waals surface area contributed by atoms with Crippen LogP contribution in [-0.2, 0) is 17.8 Å². The van der Waals surface area contributed by atoms with Gasteiger partial charge in [-0.05, 0) is 25.1 Å². The summed E-state index contributed by atoms with van der Waals surface area (Å²) < 4.78 is 5.01. The molecule has 0 saturated carbocycles. The zero-order valence-corrected chi connectivity index (χ0v) is 15.0. The number of thiazole rings is 1. The van der Waals surface area contributed by atoms with Crippen LogP contribution in [-0.4, -0.2) is 41.3 Å². The first-order chi connectivity index (χ1) is 12.2. The van der Waals surface area contributed by atoms with E-state index in [1.54, 1.807) is 23.5 Å². The maximum absolute atomic E-state index is 12.0. The molecular weight excluding hydrogens is 340 g/mol. The minimum atomic E-state index is -0.265. The van der Waals surface area contributed by atoms with Crippen molar-refractivity contribution in [1.82, 2.24) is 15.2 Å². The molecule has 8 heteroatoms. The number of amides is 2. The van der Waals surface area contributed by atoms with E-state index in [-0.39, 0.29) is 17.6 Å². The molecule has 0 aromatic carbocycles. The van der Waals surface area contributed by atoms with Crippen molar-refractivity contribution >= 4 is 28.3 Å². The molecule has 0 unspecified atom stereocenters. The summed E-state index contributed by atoms with van der Waals surface area (Å²) in [4.78, 5) is 31.9. The van der Waals surface area contributed by atoms with Crippen LogP contribution in [0.4, 0.5) is 5.13 Å². The van der Waals surface area contributed by atoms with E-state index in [1.807, 2.05) is 0 Å². The molecule has 0 saturated heterocycles. The molecule has 0 radical (unpaired) electrons. The average molecular weight is 362 g/mol. The average Bonchev–Trinajstić information content (AvgIpc) is 3.26. The second-order valence-electron chi connectivity index (χ2n) is 5.89. The van der Waals surface area contributed by atoms with Crippen LogP contribution in [0.5, 0.6) is 0 Å². The largest absolute Gasteiger partial charge is 0.459 e. The maximum atomic E-state index is 12.0. The molecule has 0 atom stereocenters. The van der Waals surface area contributed by atoms with Gasteiger partial charge in [0.1, 0.15) is 0 Å². The summed E-state index contributed by atoms with van der Waals surface area (Å²) >= 11 is 1.56. The van der Waals surface area contributed by atoms with Gasteiger partial charge < -0.3 is 15.1 Å². The van der Waals surface area contributed by atoms with Crippen molar-refractivity contribution in [3.63, 3.8) is 0 Å². The normalized spacial score (nSPS) is 14.1. The molecule has 0 spiro atoms. The van der Waals surface area contributed by atoms with Gasteiger partial charge >= 0.3 is 0 Å². The van der Waals surface area contributed by atoms with Gasteiger partial charge in [0.05, 0.1) is 12.0 Å². The van der Waals surface area contributed by atoms with Crippen molar-refractivity contribution in [2.45, 2.75) is 32.7 Å². The number of anilines is 1. The van der Waals surface area contributed by atoms with Gasteiger partial charge in [-0.15, -0.1) is 11.3 Å². The molecule has 2 N–H and O–H groups in total. The van der Waals surface area contributed by atoms with E-state index in [0.29, 0.717) is 24.5 Å². The Kier molecular flexibility index (Phi) is 5.83. The van der Waals surface area contributed by atoms with Gasteiger partial charge in [-0.2, -0.15) is 0 Å². The van der Waals surface area contributed by atoms with E-state index in [0.717, 1.165) is 31.7 Å². The first-order valence-corrected chi connectivity index (χ1v) is 9.30. The van der Waals surface area contributed by atoms with Crippen LogP contribution in [0.3, 0.4) is 0 Å². The second kappa shape index (κ2) is 8.26. The highest BCUT2D eigenvalue weighted by molar-refractivity contribution is 7.15. The number of nitrogens with one attached hydrogen (secondary N) is 2. The predicted molar refractivity (Wildman–Crippen MR) is 95.7 cm³/mol. The standard InChI is InChI=1S/C17H22N4O3S/c1-2-21-9-7-12-14(11-21)25-17(19-12)20-15(22)6-3-8-18-16(23)13-5-4-10-24-13/h4-5,10H,2-3,6-9,11H2,1H3,(H,18,23)(H,19,20,22). The van der Waals surface area contributed by atoms with Gasteiger partial charge in [0.25, 0.3) is 5.91 Å². The number of furan rings is 1. The Morgan fingerprint density at radius 1 is 1.44 bits per heavy atom. The highest BCUT2D eigenvalue weighted by atomic mass is 32.1. The smallest absolute Gasteiger partial charge is 0.286 e. The van der Waals surface area contributed by atoms with E-state index in [9.17, 15) is 9.59 Å². The van der Waals surface area contributed by atoms with Gasteiger partial charge in [-0.3, -0.25) is 14.5 Å². The van der Waals surface area contributed by atoms with Gasteiger partial charge in [-0.1, -0.05) is 6.92 Å². The van der Waals surface area contributed by atoms with E-state index < -0.39 is 0 Å². The maximum Gasteiger partial charge on any atom is 0.286 e. The molecule has 2 aromatic rings. The number of nitrogens with zero attached hydrogens (tertiary/aromatic N) is 2. The number of carbonyl (C=O) groups excluding carboxylic acids is 2. The van der Waals surface area contributed by atoms with Crippen LogP contribution in [0.25, 0.3) is 0 Å². The lowest BCUT2D eigenvalue weighted by molar-refractivity contribution is -0.116. The van der Waals surface area contributed by atoms with Crippen LogP contribution >= 0.6 is 11.3 Å². The Morgan fingerprint density at radius 3 is 3.08 bits per heavy atom. The van der Waals surface area contributed by atoms with Gasteiger partial charge in [-0.25, -0.2) is 4.98 Å². The number of hydrogen-bond donors (Lipinski definition) is 2. The lowest BCUT2D eigenvalue weighted by Gasteiger charge is -2.23. The lowest BCUT2D eigenvalue weighted by atomic mass is 10.2. The van der Waals surface area contributed by atoms with Crippen LogP contribution < -0.4 is 10.6 Å². The fourth-order valence-electron chi connectivity index (χ4n) is 2.70. The summed E-state index contributed by atoms with van der Waals surface area (Å²) in [6.07, 6.45) is 3.29. The summed E-state index contributed by atoms with van der Waals surface area (Å²) in [7, 11) is 0. The van der Waals surface area contributed by atoms with E-state index in [1.165, 1.54) is 11.1 Å². The summed E-state index contributed by atoms with van der Waals surface area (Å²) in [5.74, 6) is -0.0666. The Bertz CT molecular complexity index is 726. The topological polar surface area (TPSA) is 87.5 Å². The molecule has 7 nitrogen and oxygen atoms in total. The van der Waals surface area contributed by atoms with Crippen LogP contribution in [0.2, 0.25) is 0 Å². The number of carbonyl (C=O) groups is 2. The zero-order chi connectivity index (χ0) is 17.6. The van der Waals surface area contributed by atoms with Gasteiger partial charge in [0.2, 0.25) is 5.91 Å². The van der Waals surface area contributed by atoms with Crippen molar-refractivity contribution in [3.05, 3.63) is 34.7 Å². The van der Waals surface area contributed by atoms with Crippen LogP contribution in [0.1, 0.15) is 40.9 Å². The molecule has 3 heterocycles. The van der Waals surface area contributed by atoms with Crippen LogP contribution in [0.15, 0.2) is 22.8 Å².